The molecule has 24 heavy (non-hydrogen) atoms. The van der Waals surface area contributed by atoms with Crippen LogP contribution in [0.25, 0.3) is 21.9 Å². The number of nitriles is 1. The molecule has 0 radical (unpaired) electrons. The van der Waals surface area contributed by atoms with Crippen molar-refractivity contribution in [3.8, 4) is 6.07 Å². The van der Waals surface area contributed by atoms with E-state index in [2.05, 4.69) is 25.9 Å². The molecule has 1 N–H and O–H groups in total. The van der Waals surface area contributed by atoms with E-state index in [1.807, 2.05) is 24.5 Å². The van der Waals surface area contributed by atoms with Crippen LogP contribution in [0.2, 0.25) is 0 Å². The Balaban J connectivity index is 1.65. The predicted molar refractivity (Wildman–Crippen MR) is 90.4 cm³/mol. The molecular formula is C17H16N6O. The molecule has 120 valence electrons. The summed E-state index contributed by atoms with van der Waals surface area (Å²) in [7, 11) is 0. The molecule has 0 spiro atoms. The quantitative estimate of drug-likeness (QED) is 0.776. The monoisotopic (exact) mass is 320 g/mol. The Morgan fingerprint density at radius 3 is 2.83 bits per heavy atom. The summed E-state index contributed by atoms with van der Waals surface area (Å²) in [5.41, 5.74) is 2.76. The number of rotatable bonds is 2. The fraction of sp³-hybridized carbons (Fsp3) is 0.294. The molecule has 0 unspecified atom stereocenters. The SMILES string of the molecule is N#CCC(=O)N1CCN(c2cnc3ncc4[nH]cccc4c23)CC1. The molecule has 3 aromatic rings. The summed E-state index contributed by atoms with van der Waals surface area (Å²) in [6.07, 6.45) is 5.49. The highest BCUT2D eigenvalue weighted by Crippen LogP contribution is 2.32. The first-order valence-corrected chi connectivity index (χ1v) is 7.88. The van der Waals surface area contributed by atoms with Gasteiger partial charge in [0.05, 0.1) is 35.1 Å². The molecule has 0 bridgehead atoms. The van der Waals surface area contributed by atoms with E-state index in [9.17, 15) is 4.79 Å². The summed E-state index contributed by atoms with van der Waals surface area (Å²) in [6, 6.07) is 5.95. The number of hydrogen-bond donors (Lipinski definition) is 1. The number of nitrogens with zero attached hydrogens (tertiary/aromatic N) is 5. The van der Waals surface area contributed by atoms with Crippen LogP contribution in [-0.2, 0) is 4.79 Å². The molecule has 1 aliphatic rings. The van der Waals surface area contributed by atoms with E-state index in [-0.39, 0.29) is 12.3 Å². The van der Waals surface area contributed by atoms with Gasteiger partial charge in [0.15, 0.2) is 5.65 Å². The molecular weight excluding hydrogens is 304 g/mol. The second kappa shape index (κ2) is 5.81. The average Bonchev–Trinajstić information content (AvgIpc) is 3.07. The van der Waals surface area contributed by atoms with Crippen LogP contribution in [-0.4, -0.2) is 51.9 Å². The van der Waals surface area contributed by atoms with Gasteiger partial charge < -0.3 is 14.8 Å². The zero-order valence-corrected chi connectivity index (χ0v) is 13.1. The molecule has 0 atom stereocenters. The van der Waals surface area contributed by atoms with E-state index >= 15 is 0 Å². The highest BCUT2D eigenvalue weighted by atomic mass is 16.2. The van der Waals surface area contributed by atoms with Crippen molar-refractivity contribution in [3.63, 3.8) is 0 Å². The molecule has 0 saturated carbocycles. The lowest BCUT2D eigenvalue weighted by Crippen LogP contribution is -2.48. The molecule has 4 heterocycles. The van der Waals surface area contributed by atoms with Crippen LogP contribution in [0.15, 0.2) is 30.7 Å². The molecule has 7 heteroatoms. The fourth-order valence-electron chi connectivity index (χ4n) is 3.24. The lowest BCUT2D eigenvalue weighted by Gasteiger charge is -2.35. The van der Waals surface area contributed by atoms with Crippen molar-refractivity contribution in [2.75, 3.05) is 31.1 Å². The molecule has 0 aromatic carbocycles. The summed E-state index contributed by atoms with van der Waals surface area (Å²) in [5, 5.41) is 10.8. The molecule has 1 fully saturated rings. The maximum Gasteiger partial charge on any atom is 0.236 e. The van der Waals surface area contributed by atoms with Gasteiger partial charge in [0.25, 0.3) is 0 Å². The van der Waals surface area contributed by atoms with Crippen LogP contribution < -0.4 is 4.90 Å². The Morgan fingerprint density at radius 2 is 2.04 bits per heavy atom. The van der Waals surface area contributed by atoms with Gasteiger partial charge in [-0.2, -0.15) is 5.26 Å². The van der Waals surface area contributed by atoms with Crippen molar-refractivity contribution < 1.29 is 4.79 Å². The van der Waals surface area contributed by atoms with E-state index in [0.717, 1.165) is 40.7 Å². The zero-order valence-electron chi connectivity index (χ0n) is 13.1. The summed E-state index contributed by atoms with van der Waals surface area (Å²) in [6.45, 7) is 2.70. The van der Waals surface area contributed by atoms with Crippen LogP contribution >= 0.6 is 0 Å². The van der Waals surface area contributed by atoms with Gasteiger partial charge in [0, 0.05) is 37.8 Å². The first-order valence-electron chi connectivity index (χ1n) is 7.88. The van der Waals surface area contributed by atoms with Crippen LogP contribution in [0.4, 0.5) is 5.69 Å². The molecule has 0 aliphatic carbocycles. The number of H-pyrrole nitrogens is 1. The lowest BCUT2D eigenvalue weighted by atomic mass is 10.1. The first-order chi connectivity index (χ1) is 11.8. The topological polar surface area (TPSA) is 88.9 Å². The Kier molecular flexibility index (Phi) is 3.50. The third kappa shape index (κ3) is 2.33. The zero-order chi connectivity index (χ0) is 16.5. The minimum absolute atomic E-state index is 0.0503. The number of aromatic nitrogens is 3. The third-order valence-corrected chi connectivity index (χ3v) is 4.47. The van der Waals surface area contributed by atoms with E-state index in [1.54, 1.807) is 11.1 Å². The number of anilines is 1. The Morgan fingerprint density at radius 1 is 1.25 bits per heavy atom. The van der Waals surface area contributed by atoms with Gasteiger partial charge >= 0.3 is 0 Å². The van der Waals surface area contributed by atoms with Crippen molar-refractivity contribution in [2.24, 2.45) is 0 Å². The second-order valence-corrected chi connectivity index (χ2v) is 5.80. The van der Waals surface area contributed by atoms with Crippen LogP contribution in [0, 0.1) is 11.3 Å². The fourth-order valence-corrected chi connectivity index (χ4v) is 3.24. The van der Waals surface area contributed by atoms with Gasteiger partial charge in [-0.15, -0.1) is 0 Å². The van der Waals surface area contributed by atoms with Gasteiger partial charge in [-0.3, -0.25) is 4.79 Å². The molecule has 3 aromatic heterocycles. The summed E-state index contributed by atoms with van der Waals surface area (Å²) >= 11 is 0. The smallest absolute Gasteiger partial charge is 0.236 e. The normalized spacial score (nSPS) is 15.0. The summed E-state index contributed by atoms with van der Waals surface area (Å²) < 4.78 is 0. The number of aromatic amines is 1. The van der Waals surface area contributed by atoms with E-state index < -0.39 is 0 Å². The third-order valence-electron chi connectivity index (χ3n) is 4.47. The number of pyridine rings is 2. The molecule has 7 nitrogen and oxygen atoms in total. The first kappa shape index (κ1) is 14.5. The maximum atomic E-state index is 11.8. The summed E-state index contributed by atoms with van der Waals surface area (Å²) in [4.78, 5) is 27.9. The number of carbonyl (C=O) groups excluding carboxylic acids is 1. The van der Waals surface area contributed by atoms with Crippen molar-refractivity contribution in [1.82, 2.24) is 19.9 Å². The van der Waals surface area contributed by atoms with Crippen LogP contribution in [0.3, 0.4) is 0 Å². The predicted octanol–water partition coefficient (Wildman–Crippen LogP) is 1.67. The second-order valence-electron chi connectivity index (χ2n) is 5.80. The number of carbonyl (C=O) groups is 1. The Labute approximate surface area is 138 Å². The summed E-state index contributed by atoms with van der Waals surface area (Å²) in [5.74, 6) is -0.0932. The van der Waals surface area contributed by atoms with Gasteiger partial charge in [-0.05, 0) is 6.07 Å². The maximum absolute atomic E-state index is 11.8. The van der Waals surface area contributed by atoms with Gasteiger partial charge in [-0.25, -0.2) is 9.97 Å². The highest BCUT2D eigenvalue weighted by molar-refractivity contribution is 6.10. The highest BCUT2D eigenvalue weighted by Gasteiger charge is 2.23. The lowest BCUT2D eigenvalue weighted by molar-refractivity contribution is -0.130. The molecule has 1 saturated heterocycles. The van der Waals surface area contributed by atoms with Crippen LogP contribution in [0.5, 0.6) is 0 Å². The van der Waals surface area contributed by atoms with E-state index in [4.69, 9.17) is 5.26 Å². The van der Waals surface area contributed by atoms with Crippen molar-refractivity contribution in [1.29, 1.82) is 5.26 Å². The number of nitrogens with one attached hydrogen (secondary N) is 1. The number of piperazine rings is 1. The Hall–Kier alpha value is -3.14. The minimum atomic E-state index is -0.0932. The standard InChI is InChI=1S/C17H16N6O/c18-4-3-15(24)23-8-6-22(7-9-23)14-11-21-17-16(14)12-2-1-5-19-13(12)10-20-17/h1-2,5,10-11,19H,3,6-9H2. The van der Waals surface area contributed by atoms with Gasteiger partial charge in [-0.1, -0.05) is 6.07 Å². The average molecular weight is 320 g/mol. The minimum Gasteiger partial charge on any atom is -0.366 e. The van der Waals surface area contributed by atoms with Crippen molar-refractivity contribution >= 4 is 33.5 Å². The van der Waals surface area contributed by atoms with Crippen molar-refractivity contribution in [3.05, 3.63) is 30.7 Å². The number of amides is 1. The largest absolute Gasteiger partial charge is 0.366 e. The molecule has 4 rings (SSSR count). The molecule has 1 amide bonds. The molecule has 1 aliphatic heterocycles. The van der Waals surface area contributed by atoms with Gasteiger partial charge in [0.2, 0.25) is 5.91 Å². The number of hydrogen-bond acceptors (Lipinski definition) is 5. The van der Waals surface area contributed by atoms with E-state index in [1.165, 1.54) is 0 Å². The van der Waals surface area contributed by atoms with Gasteiger partial charge in [0.1, 0.15) is 6.42 Å². The number of fused-ring (bicyclic) bond motifs is 3. The van der Waals surface area contributed by atoms with Crippen LogP contribution in [0.1, 0.15) is 6.42 Å². The van der Waals surface area contributed by atoms with E-state index in [0.29, 0.717) is 13.1 Å². The Bertz CT molecular complexity index is 949. The van der Waals surface area contributed by atoms with Crippen molar-refractivity contribution in [2.45, 2.75) is 6.42 Å².